The van der Waals surface area contributed by atoms with Crippen LogP contribution in [0.5, 0.6) is 0 Å². The van der Waals surface area contributed by atoms with E-state index >= 15 is 0 Å². The van der Waals surface area contributed by atoms with Crippen molar-refractivity contribution in [3.63, 3.8) is 0 Å². The molecule has 0 fully saturated rings. The van der Waals surface area contributed by atoms with Crippen LogP contribution in [-0.2, 0) is 14.8 Å². The fourth-order valence-corrected chi connectivity index (χ4v) is 2.89. The average Bonchev–Trinajstić information content (AvgIpc) is 2.42. The van der Waals surface area contributed by atoms with Crippen molar-refractivity contribution in [2.24, 2.45) is 5.92 Å². The molecule has 0 unspecified atom stereocenters. The Kier molecular flexibility index (Phi) is 6.44. The fraction of sp³-hybridized carbons (Fsp3) is 0.571. The van der Waals surface area contributed by atoms with E-state index in [4.69, 9.17) is 10.5 Å². The van der Waals surface area contributed by atoms with Crippen LogP contribution >= 0.6 is 0 Å². The quantitative estimate of drug-likeness (QED) is 0.706. The molecule has 0 spiro atoms. The lowest BCUT2D eigenvalue weighted by atomic mass is 10.2. The lowest BCUT2D eigenvalue weighted by Crippen LogP contribution is -2.31. The Labute approximate surface area is 127 Å². The first-order valence-electron chi connectivity index (χ1n) is 6.88. The topological polar surface area (TPSA) is 84.7 Å². The molecule has 0 saturated carbocycles. The van der Waals surface area contributed by atoms with E-state index < -0.39 is 10.0 Å². The van der Waals surface area contributed by atoms with E-state index in [0.29, 0.717) is 12.5 Å². The second-order valence-electron chi connectivity index (χ2n) is 5.26. The zero-order chi connectivity index (χ0) is 16.0. The van der Waals surface area contributed by atoms with Gasteiger partial charge in [0, 0.05) is 25.9 Å². The minimum atomic E-state index is -3.53. The van der Waals surface area contributed by atoms with Crippen molar-refractivity contribution in [3.8, 4) is 0 Å². The third-order valence-corrected chi connectivity index (χ3v) is 4.56. The Balaban J connectivity index is 3.08. The zero-order valence-electron chi connectivity index (χ0n) is 13.1. The summed E-state index contributed by atoms with van der Waals surface area (Å²) in [5, 5.41) is 0. The zero-order valence-corrected chi connectivity index (χ0v) is 13.9. The van der Waals surface area contributed by atoms with Gasteiger partial charge in [-0.2, -0.15) is 0 Å². The number of rotatable bonds is 8. The van der Waals surface area contributed by atoms with Crippen LogP contribution in [0.15, 0.2) is 23.1 Å². The number of anilines is 2. The molecular formula is C14H25N3O3S. The molecule has 0 radical (unpaired) electrons. The third-order valence-electron chi connectivity index (χ3n) is 3.07. The molecule has 120 valence electrons. The second kappa shape index (κ2) is 7.63. The number of ether oxygens (including phenoxy) is 1. The van der Waals surface area contributed by atoms with Crippen LogP contribution in [0, 0.1) is 5.92 Å². The SMILES string of the molecule is CNS(=O)(=O)c1ccc(N(CCOC)CC(C)C)cc1N. The first kappa shape index (κ1) is 17.7. The predicted molar refractivity (Wildman–Crippen MR) is 86.0 cm³/mol. The van der Waals surface area contributed by atoms with Gasteiger partial charge in [-0.05, 0) is 31.2 Å². The van der Waals surface area contributed by atoms with Gasteiger partial charge in [0.1, 0.15) is 4.90 Å². The number of methoxy groups -OCH3 is 1. The van der Waals surface area contributed by atoms with Crippen LogP contribution in [0.4, 0.5) is 11.4 Å². The van der Waals surface area contributed by atoms with Crippen molar-refractivity contribution in [2.45, 2.75) is 18.7 Å². The summed E-state index contributed by atoms with van der Waals surface area (Å²) in [4.78, 5) is 2.24. The number of nitrogens with two attached hydrogens (primary N) is 1. The smallest absolute Gasteiger partial charge is 0.242 e. The maximum atomic E-state index is 11.8. The molecule has 1 rings (SSSR count). The van der Waals surface area contributed by atoms with Crippen LogP contribution in [0.2, 0.25) is 0 Å². The van der Waals surface area contributed by atoms with Gasteiger partial charge in [0.15, 0.2) is 0 Å². The van der Waals surface area contributed by atoms with Crippen molar-refractivity contribution in [3.05, 3.63) is 18.2 Å². The van der Waals surface area contributed by atoms with Crippen LogP contribution in [0.1, 0.15) is 13.8 Å². The molecule has 0 aliphatic carbocycles. The first-order chi connectivity index (χ1) is 9.81. The van der Waals surface area contributed by atoms with E-state index in [1.165, 1.54) is 13.1 Å². The minimum absolute atomic E-state index is 0.102. The normalized spacial score (nSPS) is 11.9. The molecule has 3 N–H and O–H groups in total. The Bertz CT molecular complexity index is 559. The van der Waals surface area contributed by atoms with Gasteiger partial charge >= 0.3 is 0 Å². The summed E-state index contributed by atoms with van der Waals surface area (Å²) in [5.74, 6) is 0.476. The van der Waals surface area contributed by atoms with Crippen molar-refractivity contribution in [1.82, 2.24) is 4.72 Å². The van der Waals surface area contributed by atoms with Gasteiger partial charge in [-0.25, -0.2) is 13.1 Å². The molecule has 0 aliphatic heterocycles. The highest BCUT2D eigenvalue weighted by Crippen LogP contribution is 2.25. The molecule has 0 saturated heterocycles. The van der Waals surface area contributed by atoms with Crippen molar-refractivity contribution in [1.29, 1.82) is 0 Å². The maximum absolute atomic E-state index is 11.8. The number of nitrogens with one attached hydrogen (secondary N) is 1. The van der Waals surface area contributed by atoms with Gasteiger partial charge in [-0.1, -0.05) is 13.8 Å². The van der Waals surface area contributed by atoms with E-state index in [-0.39, 0.29) is 10.6 Å². The summed E-state index contributed by atoms with van der Waals surface area (Å²) >= 11 is 0. The lowest BCUT2D eigenvalue weighted by molar-refractivity contribution is 0.204. The Morgan fingerprint density at radius 1 is 1.38 bits per heavy atom. The van der Waals surface area contributed by atoms with Gasteiger partial charge < -0.3 is 15.4 Å². The molecule has 21 heavy (non-hydrogen) atoms. The Morgan fingerprint density at radius 2 is 2.05 bits per heavy atom. The first-order valence-corrected chi connectivity index (χ1v) is 8.37. The molecule has 0 amide bonds. The molecule has 0 aliphatic rings. The molecule has 0 atom stereocenters. The van der Waals surface area contributed by atoms with Crippen LogP contribution in [-0.4, -0.2) is 42.3 Å². The molecule has 6 nitrogen and oxygen atoms in total. The second-order valence-corrected chi connectivity index (χ2v) is 7.12. The lowest BCUT2D eigenvalue weighted by Gasteiger charge is -2.27. The summed E-state index contributed by atoms with van der Waals surface area (Å²) in [5.41, 5.74) is 7.04. The van der Waals surface area contributed by atoms with Crippen LogP contribution in [0.25, 0.3) is 0 Å². The molecule has 0 aromatic heterocycles. The average molecular weight is 315 g/mol. The minimum Gasteiger partial charge on any atom is -0.398 e. The van der Waals surface area contributed by atoms with Gasteiger partial charge in [-0.15, -0.1) is 0 Å². The Morgan fingerprint density at radius 3 is 2.52 bits per heavy atom. The largest absolute Gasteiger partial charge is 0.398 e. The number of nitrogen functional groups attached to an aromatic ring is 1. The number of hydrogen-bond acceptors (Lipinski definition) is 5. The number of nitrogens with zero attached hydrogens (tertiary/aromatic N) is 1. The van der Waals surface area contributed by atoms with E-state index in [2.05, 4.69) is 23.5 Å². The number of sulfonamides is 1. The number of benzene rings is 1. The molecule has 7 heteroatoms. The summed E-state index contributed by atoms with van der Waals surface area (Å²) in [7, 11) is -0.505. The highest BCUT2D eigenvalue weighted by molar-refractivity contribution is 7.89. The summed E-state index contributed by atoms with van der Waals surface area (Å²) < 4.78 is 31.1. The van der Waals surface area contributed by atoms with Gasteiger partial charge in [-0.3, -0.25) is 0 Å². The Hall–Kier alpha value is -1.31. The molecule has 1 aromatic rings. The predicted octanol–water partition coefficient (Wildman–Crippen LogP) is 1.29. The highest BCUT2D eigenvalue weighted by Gasteiger charge is 2.17. The van der Waals surface area contributed by atoms with Crippen molar-refractivity contribution < 1.29 is 13.2 Å². The third kappa shape index (κ3) is 4.87. The van der Waals surface area contributed by atoms with E-state index in [9.17, 15) is 8.42 Å². The van der Waals surface area contributed by atoms with Gasteiger partial charge in [0.2, 0.25) is 10.0 Å². The van der Waals surface area contributed by atoms with E-state index in [1.54, 1.807) is 19.2 Å². The van der Waals surface area contributed by atoms with Gasteiger partial charge in [0.25, 0.3) is 0 Å². The monoisotopic (exact) mass is 315 g/mol. The summed E-state index contributed by atoms with van der Waals surface area (Å²) in [6, 6.07) is 5.01. The molecular weight excluding hydrogens is 290 g/mol. The van der Waals surface area contributed by atoms with E-state index in [0.717, 1.165) is 18.8 Å². The molecule has 1 aromatic carbocycles. The highest BCUT2D eigenvalue weighted by atomic mass is 32.2. The van der Waals surface area contributed by atoms with Crippen molar-refractivity contribution >= 4 is 21.4 Å². The fourth-order valence-electron chi connectivity index (χ4n) is 2.06. The molecule has 0 heterocycles. The van der Waals surface area contributed by atoms with Gasteiger partial charge in [0.05, 0.1) is 12.3 Å². The van der Waals surface area contributed by atoms with Crippen LogP contribution in [0.3, 0.4) is 0 Å². The number of hydrogen-bond donors (Lipinski definition) is 2. The van der Waals surface area contributed by atoms with E-state index in [1.807, 2.05) is 0 Å². The standard InChI is InChI=1S/C14H25N3O3S/c1-11(2)10-17(7-8-20-4)12-5-6-14(13(15)9-12)21(18,19)16-3/h5-6,9,11,16H,7-8,10,15H2,1-4H3. The maximum Gasteiger partial charge on any atom is 0.242 e. The summed E-state index contributed by atoms with van der Waals surface area (Å²) in [6.45, 7) is 6.43. The molecule has 0 bridgehead atoms. The summed E-state index contributed by atoms with van der Waals surface area (Å²) in [6.07, 6.45) is 0. The van der Waals surface area contributed by atoms with Crippen LogP contribution < -0.4 is 15.4 Å². The van der Waals surface area contributed by atoms with Crippen molar-refractivity contribution in [2.75, 3.05) is 44.5 Å².